The van der Waals surface area contributed by atoms with E-state index in [1.54, 1.807) is 23.9 Å². The molecule has 1 aromatic heterocycles. The van der Waals surface area contributed by atoms with Gasteiger partial charge in [0.25, 0.3) is 0 Å². The van der Waals surface area contributed by atoms with Crippen LogP contribution in [0.1, 0.15) is 37.9 Å². The smallest absolute Gasteiger partial charge is 0.225 e. The molecule has 1 aliphatic rings. The van der Waals surface area contributed by atoms with Crippen LogP contribution in [0.4, 0.5) is 5.69 Å². The van der Waals surface area contributed by atoms with Crippen molar-refractivity contribution in [1.29, 1.82) is 0 Å². The van der Waals surface area contributed by atoms with Crippen LogP contribution in [0.3, 0.4) is 0 Å². The lowest BCUT2D eigenvalue weighted by molar-refractivity contribution is -0.115. The van der Waals surface area contributed by atoms with E-state index in [1.165, 1.54) is 12.8 Å². The molecular formula is C16H19ClN4OS. The van der Waals surface area contributed by atoms with Crippen molar-refractivity contribution in [3.8, 4) is 0 Å². The zero-order valence-electron chi connectivity index (χ0n) is 13.0. The number of anilines is 1. The summed E-state index contributed by atoms with van der Waals surface area (Å²) in [5, 5.41) is 12.9. The highest BCUT2D eigenvalue weighted by molar-refractivity contribution is 7.99. The molecule has 0 radical (unpaired) electrons. The Morgan fingerprint density at radius 3 is 2.87 bits per heavy atom. The Labute approximate surface area is 144 Å². The monoisotopic (exact) mass is 350 g/mol. The summed E-state index contributed by atoms with van der Waals surface area (Å²) < 4.78 is 2.16. The van der Waals surface area contributed by atoms with Crippen molar-refractivity contribution < 1.29 is 4.79 Å². The molecule has 1 saturated carbocycles. The van der Waals surface area contributed by atoms with E-state index in [1.807, 2.05) is 12.1 Å². The van der Waals surface area contributed by atoms with Gasteiger partial charge >= 0.3 is 0 Å². The average molecular weight is 351 g/mol. The largest absolute Gasteiger partial charge is 0.325 e. The third-order valence-corrected chi connectivity index (χ3v) is 5.01. The highest BCUT2D eigenvalue weighted by Crippen LogP contribution is 2.40. The van der Waals surface area contributed by atoms with Gasteiger partial charge in [-0.1, -0.05) is 35.5 Å². The molecule has 5 nitrogen and oxygen atoms in total. The third-order valence-electron chi connectivity index (χ3n) is 3.71. The van der Waals surface area contributed by atoms with Gasteiger partial charge in [0.2, 0.25) is 5.91 Å². The standard InChI is InChI=1S/C16H19ClN4OS/c1-2-21-15(11-7-8-11)19-20-16(21)23-10-9-14(22)18-13-6-4-3-5-12(13)17/h3-6,11H,2,7-10H2,1H3,(H,18,22). The van der Waals surface area contributed by atoms with Crippen molar-refractivity contribution in [3.05, 3.63) is 35.1 Å². The second-order valence-corrected chi connectivity index (χ2v) is 6.96. The number of aromatic nitrogens is 3. The summed E-state index contributed by atoms with van der Waals surface area (Å²) in [7, 11) is 0. The fourth-order valence-electron chi connectivity index (χ4n) is 2.36. The summed E-state index contributed by atoms with van der Waals surface area (Å²) in [6.07, 6.45) is 2.83. The van der Waals surface area contributed by atoms with E-state index >= 15 is 0 Å². The van der Waals surface area contributed by atoms with E-state index in [2.05, 4.69) is 27.0 Å². The lowest BCUT2D eigenvalue weighted by Crippen LogP contribution is -2.12. The molecule has 1 aliphatic carbocycles. The Morgan fingerprint density at radius 2 is 2.17 bits per heavy atom. The highest BCUT2D eigenvalue weighted by Gasteiger charge is 2.29. The van der Waals surface area contributed by atoms with Crippen LogP contribution in [-0.2, 0) is 11.3 Å². The van der Waals surface area contributed by atoms with Crippen molar-refractivity contribution in [3.63, 3.8) is 0 Å². The number of thioether (sulfide) groups is 1. The number of hydrogen-bond donors (Lipinski definition) is 1. The topological polar surface area (TPSA) is 59.8 Å². The summed E-state index contributed by atoms with van der Waals surface area (Å²) in [6, 6.07) is 7.24. The van der Waals surface area contributed by atoms with Gasteiger partial charge in [-0.2, -0.15) is 0 Å². The number of nitrogens with one attached hydrogen (secondary N) is 1. The fraction of sp³-hybridized carbons (Fsp3) is 0.438. The molecule has 122 valence electrons. The lowest BCUT2D eigenvalue weighted by atomic mass is 10.3. The number of benzene rings is 1. The average Bonchev–Trinajstić information content (AvgIpc) is 3.30. The quantitative estimate of drug-likeness (QED) is 0.768. The maximum Gasteiger partial charge on any atom is 0.225 e. The van der Waals surface area contributed by atoms with E-state index in [0.29, 0.717) is 28.8 Å². The molecule has 0 atom stereocenters. The number of amides is 1. The molecule has 0 spiro atoms. The normalized spacial score (nSPS) is 14.0. The molecule has 1 heterocycles. The van der Waals surface area contributed by atoms with Crippen LogP contribution in [0.2, 0.25) is 5.02 Å². The molecule has 7 heteroatoms. The van der Waals surface area contributed by atoms with Crippen LogP contribution in [0.25, 0.3) is 0 Å². The molecule has 23 heavy (non-hydrogen) atoms. The van der Waals surface area contributed by atoms with Crippen LogP contribution in [0.5, 0.6) is 0 Å². The number of carbonyl (C=O) groups is 1. The Balaban J connectivity index is 1.51. The van der Waals surface area contributed by atoms with Gasteiger partial charge in [0.05, 0.1) is 10.7 Å². The number of rotatable bonds is 7. The van der Waals surface area contributed by atoms with Gasteiger partial charge in [-0.05, 0) is 31.9 Å². The predicted octanol–water partition coefficient (Wildman–Crippen LogP) is 3.95. The first-order chi connectivity index (χ1) is 11.2. The molecule has 3 rings (SSSR count). The Hall–Kier alpha value is -1.53. The Bertz CT molecular complexity index is 699. The van der Waals surface area contributed by atoms with Gasteiger partial charge in [-0.3, -0.25) is 4.79 Å². The second-order valence-electron chi connectivity index (χ2n) is 5.49. The van der Waals surface area contributed by atoms with Gasteiger partial charge < -0.3 is 9.88 Å². The van der Waals surface area contributed by atoms with Crippen LogP contribution < -0.4 is 5.32 Å². The molecule has 0 saturated heterocycles. The number of nitrogens with zero attached hydrogens (tertiary/aromatic N) is 3. The zero-order chi connectivity index (χ0) is 16.2. The molecular weight excluding hydrogens is 332 g/mol. The molecule has 1 fully saturated rings. The predicted molar refractivity (Wildman–Crippen MR) is 93.1 cm³/mol. The van der Waals surface area contributed by atoms with E-state index < -0.39 is 0 Å². The van der Waals surface area contributed by atoms with E-state index in [4.69, 9.17) is 11.6 Å². The van der Waals surface area contributed by atoms with E-state index in [-0.39, 0.29) is 5.91 Å². The lowest BCUT2D eigenvalue weighted by Gasteiger charge is -2.08. The van der Waals surface area contributed by atoms with Crippen molar-refractivity contribution >= 4 is 35.0 Å². The minimum Gasteiger partial charge on any atom is -0.325 e. The molecule has 1 N–H and O–H groups in total. The summed E-state index contributed by atoms with van der Waals surface area (Å²) >= 11 is 7.61. The van der Waals surface area contributed by atoms with E-state index in [9.17, 15) is 4.79 Å². The first-order valence-corrected chi connectivity index (χ1v) is 9.15. The molecule has 0 unspecified atom stereocenters. The van der Waals surface area contributed by atoms with Crippen LogP contribution >= 0.6 is 23.4 Å². The summed E-state index contributed by atoms with van der Waals surface area (Å²) in [5.74, 6) is 2.30. The van der Waals surface area contributed by atoms with Crippen molar-refractivity contribution in [1.82, 2.24) is 14.8 Å². The molecule has 2 aromatic rings. The summed E-state index contributed by atoms with van der Waals surface area (Å²) in [5.41, 5.74) is 0.650. The zero-order valence-corrected chi connectivity index (χ0v) is 14.5. The second kappa shape index (κ2) is 7.36. The van der Waals surface area contributed by atoms with Crippen molar-refractivity contribution in [2.45, 2.75) is 43.8 Å². The van der Waals surface area contributed by atoms with Gasteiger partial charge in [0, 0.05) is 24.6 Å². The van der Waals surface area contributed by atoms with Crippen molar-refractivity contribution in [2.24, 2.45) is 0 Å². The molecule has 1 amide bonds. The Morgan fingerprint density at radius 1 is 1.39 bits per heavy atom. The van der Waals surface area contributed by atoms with Crippen LogP contribution in [0.15, 0.2) is 29.4 Å². The summed E-state index contributed by atoms with van der Waals surface area (Å²) in [4.78, 5) is 12.0. The summed E-state index contributed by atoms with van der Waals surface area (Å²) in [6.45, 7) is 2.97. The number of para-hydroxylation sites is 1. The number of halogens is 1. The minimum absolute atomic E-state index is 0.0458. The highest BCUT2D eigenvalue weighted by atomic mass is 35.5. The van der Waals surface area contributed by atoms with Crippen molar-refractivity contribution in [2.75, 3.05) is 11.1 Å². The SMILES string of the molecule is CCn1c(SCCC(=O)Nc2ccccc2Cl)nnc1C1CC1. The third kappa shape index (κ3) is 4.06. The van der Waals surface area contributed by atoms with Gasteiger partial charge in [-0.25, -0.2) is 0 Å². The molecule has 1 aromatic carbocycles. The maximum absolute atomic E-state index is 12.0. The van der Waals surface area contributed by atoms with Gasteiger partial charge in [0.15, 0.2) is 5.16 Å². The van der Waals surface area contributed by atoms with Gasteiger partial charge in [0.1, 0.15) is 5.82 Å². The van der Waals surface area contributed by atoms with Gasteiger partial charge in [-0.15, -0.1) is 10.2 Å². The minimum atomic E-state index is -0.0458. The number of hydrogen-bond acceptors (Lipinski definition) is 4. The number of carbonyl (C=O) groups excluding carboxylic acids is 1. The first-order valence-electron chi connectivity index (χ1n) is 7.79. The fourth-order valence-corrected chi connectivity index (χ4v) is 3.49. The Kier molecular flexibility index (Phi) is 5.23. The van der Waals surface area contributed by atoms with Crippen LogP contribution in [-0.4, -0.2) is 26.4 Å². The van der Waals surface area contributed by atoms with Crippen LogP contribution in [0, 0.1) is 0 Å². The maximum atomic E-state index is 12.0. The molecule has 0 aliphatic heterocycles. The van der Waals surface area contributed by atoms with E-state index in [0.717, 1.165) is 17.5 Å². The first kappa shape index (κ1) is 16.3. The molecule has 0 bridgehead atoms.